The van der Waals surface area contributed by atoms with Crippen molar-refractivity contribution >= 4 is 27.0 Å². The van der Waals surface area contributed by atoms with Crippen LogP contribution in [0, 0.1) is 0 Å². The first-order valence-corrected chi connectivity index (χ1v) is 12.4. The van der Waals surface area contributed by atoms with Crippen LogP contribution in [0.1, 0.15) is 37.8 Å². The van der Waals surface area contributed by atoms with Crippen LogP contribution in [-0.4, -0.2) is 9.55 Å². The Morgan fingerprint density at radius 1 is 0.758 bits per heavy atom. The molecule has 0 aliphatic heterocycles. The van der Waals surface area contributed by atoms with Gasteiger partial charge in [-0.15, -0.1) is 0 Å². The number of nitrogens with zero attached hydrogens (tertiary/aromatic N) is 2. The fourth-order valence-electron chi connectivity index (χ4n) is 5.67. The molecule has 0 atom stereocenters. The van der Waals surface area contributed by atoms with Gasteiger partial charge in [-0.05, 0) is 71.5 Å². The number of fused-ring (bicyclic) bond motifs is 4. The van der Waals surface area contributed by atoms with E-state index in [0.29, 0.717) is 0 Å². The van der Waals surface area contributed by atoms with Gasteiger partial charge in [-0.2, -0.15) is 0 Å². The average molecular weight is 493 g/mol. The number of benzene rings is 4. The van der Waals surface area contributed by atoms with Gasteiger partial charge in [0.2, 0.25) is 0 Å². The summed E-state index contributed by atoms with van der Waals surface area (Å²) in [5.74, 6) is 0.975. The smallest absolute Gasteiger partial charge is 0.145 e. The van der Waals surface area contributed by atoms with Crippen molar-refractivity contribution in [1.82, 2.24) is 9.55 Å². The van der Waals surface area contributed by atoms with E-state index in [1.54, 1.807) is 0 Å². The Balaban J connectivity index is 1.71. The second kappa shape index (κ2) is 7.71. The molecule has 3 heteroatoms. The number of hydrogen-bond donors (Lipinski definition) is 0. The third kappa shape index (κ3) is 2.95. The number of aromatic nitrogens is 2. The Morgan fingerprint density at radius 3 is 2.18 bits per heavy atom. The quantitative estimate of drug-likeness (QED) is 0.245. The molecule has 2 nitrogen and oxygen atoms in total. The maximum Gasteiger partial charge on any atom is 0.145 e. The van der Waals surface area contributed by atoms with Gasteiger partial charge in [0, 0.05) is 21.1 Å². The van der Waals surface area contributed by atoms with Crippen molar-refractivity contribution in [3.63, 3.8) is 0 Å². The fraction of sp³-hybridized carbons (Fsp3) is 0.167. The van der Waals surface area contributed by atoms with Gasteiger partial charge in [0.05, 0.1) is 11.0 Å². The minimum absolute atomic E-state index is 0.0435. The van der Waals surface area contributed by atoms with Crippen LogP contribution in [0.5, 0.6) is 0 Å². The SMILES string of the molecule is CCC1(CC)c2ccccc2-c2cc3nc(-c4ccccc4)n(-c4ccc(Br)cc4)c3cc21. The summed E-state index contributed by atoms with van der Waals surface area (Å²) in [4.78, 5) is 5.18. The zero-order chi connectivity index (χ0) is 22.6. The zero-order valence-electron chi connectivity index (χ0n) is 18.8. The third-order valence-electron chi connectivity index (χ3n) is 7.37. The first-order valence-electron chi connectivity index (χ1n) is 11.6. The van der Waals surface area contributed by atoms with Crippen molar-refractivity contribution < 1.29 is 0 Å². The summed E-state index contributed by atoms with van der Waals surface area (Å²) in [5, 5.41) is 0. The van der Waals surface area contributed by atoms with E-state index in [4.69, 9.17) is 4.98 Å². The number of imidazole rings is 1. The molecule has 5 aromatic rings. The van der Waals surface area contributed by atoms with E-state index in [2.05, 4.69) is 125 Å². The van der Waals surface area contributed by atoms with E-state index in [1.807, 2.05) is 0 Å². The number of halogens is 1. The van der Waals surface area contributed by atoms with E-state index in [-0.39, 0.29) is 5.41 Å². The number of rotatable bonds is 4. The Kier molecular flexibility index (Phi) is 4.77. The van der Waals surface area contributed by atoms with Crippen LogP contribution in [0.2, 0.25) is 0 Å². The lowest BCUT2D eigenvalue weighted by molar-refractivity contribution is 0.491. The summed E-state index contributed by atoms with van der Waals surface area (Å²) in [6.45, 7) is 4.64. The Hall–Kier alpha value is -3.17. The molecule has 0 amide bonds. The maximum absolute atomic E-state index is 5.18. The molecule has 0 N–H and O–H groups in total. The standard InChI is InChI=1S/C30H25BrN2/c1-3-30(4-2)25-13-9-8-12-23(25)24-18-27-28(19-26(24)30)33(22-16-14-21(31)15-17-22)29(32-27)20-10-6-5-7-11-20/h5-19H,3-4H2,1-2H3. The first kappa shape index (κ1) is 20.4. The summed E-state index contributed by atoms with van der Waals surface area (Å²) in [6.07, 6.45) is 2.16. The topological polar surface area (TPSA) is 17.8 Å². The monoisotopic (exact) mass is 492 g/mol. The highest BCUT2D eigenvalue weighted by atomic mass is 79.9. The van der Waals surface area contributed by atoms with Gasteiger partial charge >= 0.3 is 0 Å². The lowest BCUT2D eigenvalue weighted by Gasteiger charge is -2.29. The molecular formula is C30H25BrN2. The van der Waals surface area contributed by atoms with Crippen LogP contribution in [0.25, 0.3) is 39.2 Å². The molecule has 1 heterocycles. The first-order chi connectivity index (χ1) is 16.2. The van der Waals surface area contributed by atoms with Crippen LogP contribution < -0.4 is 0 Å². The largest absolute Gasteiger partial charge is 0.292 e. The summed E-state index contributed by atoms with van der Waals surface area (Å²) in [5.41, 5.74) is 10.1. The number of hydrogen-bond acceptors (Lipinski definition) is 1. The maximum atomic E-state index is 5.18. The minimum atomic E-state index is 0.0435. The fourth-order valence-corrected chi connectivity index (χ4v) is 5.93. The molecule has 0 bridgehead atoms. The van der Waals surface area contributed by atoms with Gasteiger partial charge in [0.15, 0.2) is 0 Å². The van der Waals surface area contributed by atoms with E-state index in [9.17, 15) is 0 Å². The summed E-state index contributed by atoms with van der Waals surface area (Å²) in [7, 11) is 0. The van der Waals surface area contributed by atoms with Crippen molar-refractivity contribution in [3.05, 3.63) is 107 Å². The van der Waals surface area contributed by atoms with E-state index in [0.717, 1.165) is 45.4 Å². The van der Waals surface area contributed by atoms with Crippen molar-refractivity contribution in [1.29, 1.82) is 0 Å². The Morgan fingerprint density at radius 2 is 1.45 bits per heavy atom. The van der Waals surface area contributed by atoms with Crippen LogP contribution in [0.3, 0.4) is 0 Å². The molecule has 1 aliphatic rings. The molecule has 6 rings (SSSR count). The molecule has 0 spiro atoms. The molecular weight excluding hydrogens is 468 g/mol. The average Bonchev–Trinajstić information content (AvgIpc) is 3.37. The van der Waals surface area contributed by atoms with E-state index < -0.39 is 0 Å². The van der Waals surface area contributed by atoms with Gasteiger partial charge < -0.3 is 0 Å². The molecule has 0 saturated carbocycles. The normalized spacial score (nSPS) is 13.8. The molecule has 0 radical (unpaired) electrons. The van der Waals surface area contributed by atoms with Crippen LogP contribution in [0.4, 0.5) is 0 Å². The van der Waals surface area contributed by atoms with Gasteiger partial charge in [-0.1, -0.05) is 84.4 Å². The van der Waals surface area contributed by atoms with Crippen molar-refractivity contribution in [2.75, 3.05) is 0 Å². The Bertz CT molecular complexity index is 1480. The predicted molar refractivity (Wildman–Crippen MR) is 141 cm³/mol. The highest BCUT2D eigenvalue weighted by Gasteiger charge is 2.41. The molecule has 0 saturated heterocycles. The van der Waals surface area contributed by atoms with Crippen molar-refractivity contribution in [3.8, 4) is 28.2 Å². The highest BCUT2D eigenvalue weighted by Crippen LogP contribution is 2.53. The second-order valence-electron chi connectivity index (χ2n) is 8.83. The molecule has 4 aromatic carbocycles. The van der Waals surface area contributed by atoms with Gasteiger partial charge in [-0.25, -0.2) is 4.98 Å². The molecule has 0 unspecified atom stereocenters. The van der Waals surface area contributed by atoms with Gasteiger partial charge in [-0.3, -0.25) is 4.57 Å². The summed E-state index contributed by atoms with van der Waals surface area (Å²) in [6, 6.07) is 32.7. The van der Waals surface area contributed by atoms with E-state index >= 15 is 0 Å². The lowest BCUT2D eigenvalue weighted by atomic mass is 9.74. The van der Waals surface area contributed by atoms with Gasteiger partial charge in [0.25, 0.3) is 0 Å². The van der Waals surface area contributed by atoms with Crippen molar-refractivity contribution in [2.24, 2.45) is 0 Å². The highest BCUT2D eigenvalue weighted by molar-refractivity contribution is 9.10. The Labute approximate surface area is 203 Å². The van der Waals surface area contributed by atoms with E-state index in [1.165, 1.54) is 22.3 Å². The van der Waals surface area contributed by atoms with Gasteiger partial charge in [0.1, 0.15) is 5.82 Å². The van der Waals surface area contributed by atoms with Crippen LogP contribution >= 0.6 is 15.9 Å². The molecule has 1 aliphatic carbocycles. The lowest BCUT2D eigenvalue weighted by Crippen LogP contribution is -2.23. The molecule has 33 heavy (non-hydrogen) atoms. The molecule has 162 valence electrons. The molecule has 1 aromatic heterocycles. The van der Waals surface area contributed by atoms with Crippen LogP contribution in [-0.2, 0) is 5.41 Å². The zero-order valence-corrected chi connectivity index (χ0v) is 20.4. The summed E-state index contributed by atoms with van der Waals surface area (Å²) >= 11 is 3.59. The predicted octanol–water partition coefficient (Wildman–Crippen LogP) is 8.54. The second-order valence-corrected chi connectivity index (χ2v) is 9.75. The third-order valence-corrected chi connectivity index (χ3v) is 7.89. The minimum Gasteiger partial charge on any atom is -0.292 e. The van der Waals surface area contributed by atoms with Crippen molar-refractivity contribution in [2.45, 2.75) is 32.1 Å². The summed E-state index contributed by atoms with van der Waals surface area (Å²) < 4.78 is 3.39. The van der Waals surface area contributed by atoms with Crippen LogP contribution in [0.15, 0.2) is 95.5 Å². The molecule has 0 fully saturated rings.